The van der Waals surface area contributed by atoms with Crippen molar-refractivity contribution in [3.05, 3.63) is 84.0 Å². The number of rotatable bonds is 2. The van der Waals surface area contributed by atoms with Crippen LogP contribution in [0.25, 0.3) is 28.0 Å². The highest BCUT2D eigenvalue weighted by atomic mass is 35.5. The summed E-state index contributed by atoms with van der Waals surface area (Å²) >= 11 is 6.36. The van der Waals surface area contributed by atoms with Crippen molar-refractivity contribution in [3.8, 4) is 16.9 Å². The number of aromatic nitrogens is 2. The largest absolute Gasteiger partial charge is 0.294 e. The highest BCUT2D eigenvalue weighted by molar-refractivity contribution is 6.35. The molecule has 2 aromatic heterocycles. The molecular formula is C19H13ClN2. The van der Waals surface area contributed by atoms with E-state index in [9.17, 15) is 0 Å². The average molecular weight is 305 g/mol. The SMILES string of the molecule is Clc1ccnc2c1cc(-c1ccccc1)n2-c1ccccc1. The molecule has 2 aromatic carbocycles. The Morgan fingerprint density at radius 1 is 0.818 bits per heavy atom. The molecule has 0 aliphatic carbocycles. The third-order valence-electron chi connectivity index (χ3n) is 3.73. The van der Waals surface area contributed by atoms with E-state index in [0.717, 1.165) is 33.0 Å². The van der Waals surface area contributed by atoms with Gasteiger partial charge in [0.05, 0.1) is 10.7 Å². The van der Waals surface area contributed by atoms with Crippen LogP contribution in [0.1, 0.15) is 0 Å². The Labute approximate surface area is 133 Å². The molecule has 0 aliphatic heterocycles. The smallest absolute Gasteiger partial charge is 0.146 e. The van der Waals surface area contributed by atoms with Crippen LogP contribution in [-0.2, 0) is 0 Å². The van der Waals surface area contributed by atoms with Crippen LogP contribution in [0.15, 0.2) is 79.0 Å². The maximum Gasteiger partial charge on any atom is 0.146 e. The van der Waals surface area contributed by atoms with E-state index in [4.69, 9.17) is 11.6 Å². The lowest BCUT2D eigenvalue weighted by molar-refractivity contribution is 1.10. The minimum Gasteiger partial charge on any atom is -0.294 e. The third-order valence-corrected chi connectivity index (χ3v) is 4.06. The van der Waals surface area contributed by atoms with Crippen LogP contribution in [0.4, 0.5) is 0 Å². The summed E-state index contributed by atoms with van der Waals surface area (Å²) in [4.78, 5) is 4.54. The monoisotopic (exact) mass is 304 g/mol. The molecule has 0 radical (unpaired) electrons. The quantitative estimate of drug-likeness (QED) is 0.488. The van der Waals surface area contributed by atoms with E-state index >= 15 is 0 Å². The van der Waals surface area contributed by atoms with Gasteiger partial charge >= 0.3 is 0 Å². The van der Waals surface area contributed by atoms with E-state index < -0.39 is 0 Å². The number of benzene rings is 2. The summed E-state index contributed by atoms with van der Waals surface area (Å²) in [6.07, 6.45) is 1.75. The van der Waals surface area contributed by atoms with E-state index in [1.54, 1.807) is 6.20 Å². The van der Waals surface area contributed by atoms with Crippen LogP contribution < -0.4 is 0 Å². The molecule has 22 heavy (non-hydrogen) atoms. The summed E-state index contributed by atoms with van der Waals surface area (Å²) in [5, 5.41) is 1.68. The lowest BCUT2D eigenvalue weighted by Gasteiger charge is -2.10. The topological polar surface area (TPSA) is 17.8 Å². The Bertz CT molecular complexity index is 928. The second kappa shape index (κ2) is 5.32. The van der Waals surface area contributed by atoms with Crippen molar-refractivity contribution in [2.45, 2.75) is 0 Å². The van der Waals surface area contributed by atoms with Crippen molar-refractivity contribution in [1.29, 1.82) is 0 Å². The average Bonchev–Trinajstić information content (AvgIpc) is 2.97. The molecule has 2 heterocycles. The molecule has 4 aromatic rings. The lowest BCUT2D eigenvalue weighted by atomic mass is 10.1. The van der Waals surface area contributed by atoms with E-state index in [0.29, 0.717) is 0 Å². The van der Waals surface area contributed by atoms with Crippen LogP contribution in [0, 0.1) is 0 Å². The van der Waals surface area contributed by atoms with Crippen LogP contribution in [0.5, 0.6) is 0 Å². The molecule has 106 valence electrons. The molecule has 0 fully saturated rings. The van der Waals surface area contributed by atoms with E-state index in [1.807, 2.05) is 42.5 Å². The second-order valence-corrected chi connectivity index (χ2v) is 5.50. The number of para-hydroxylation sites is 1. The standard InChI is InChI=1S/C19H13ClN2/c20-17-11-12-21-19-16(17)13-18(14-7-3-1-4-8-14)22(19)15-9-5-2-6-10-15/h1-13H. The van der Waals surface area contributed by atoms with Gasteiger partial charge in [-0.2, -0.15) is 0 Å². The van der Waals surface area contributed by atoms with E-state index in [1.165, 1.54) is 0 Å². The summed E-state index contributed by atoms with van der Waals surface area (Å²) in [6.45, 7) is 0. The van der Waals surface area contributed by atoms with Crippen LogP contribution in [0.3, 0.4) is 0 Å². The molecule has 0 atom stereocenters. The number of hydrogen-bond donors (Lipinski definition) is 0. The molecule has 0 saturated heterocycles. The highest BCUT2D eigenvalue weighted by Gasteiger charge is 2.14. The van der Waals surface area contributed by atoms with Crippen molar-refractivity contribution >= 4 is 22.6 Å². The molecule has 0 saturated carbocycles. The number of fused-ring (bicyclic) bond motifs is 1. The maximum atomic E-state index is 6.36. The van der Waals surface area contributed by atoms with Crippen molar-refractivity contribution in [1.82, 2.24) is 9.55 Å². The van der Waals surface area contributed by atoms with Gasteiger partial charge in [-0.3, -0.25) is 4.57 Å². The van der Waals surface area contributed by atoms with Crippen molar-refractivity contribution in [3.63, 3.8) is 0 Å². The summed E-state index contributed by atoms with van der Waals surface area (Å²) < 4.78 is 2.15. The zero-order valence-corrected chi connectivity index (χ0v) is 12.5. The van der Waals surface area contributed by atoms with Gasteiger partial charge in [0.1, 0.15) is 5.65 Å². The molecule has 3 heteroatoms. The van der Waals surface area contributed by atoms with E-state index in [2.05, 4.69) is 39.9 Å². The molecule has 0 bridgehead atoms. The molecule has 0 spiro atoms. The highest BCUT2D eigenvalue weighted by Crippen LogP contribution is 2.33. The summed E-state index contributed by atoms with van der Waals surface area (Å²) in [5.41, 5.74) is 4.17. The fraction of sp³-hybridized carbons (Fsp3) is 0. The normalized spacial score (nSPS) is 11.0. The predicted octanol–water partition coefficient (Wildman–Crippen LogP) is 5.35. The Kier molecular flexibility index (Phi) is 3.17. The van der Waals surface area contributed by atoms with Gasteiger partial charge in [-0.25, -0.2) is 4.98 Å². The molecular weight excluding hydrogens is 292 g/mol. The zero-order valence-electron chi connectivity index (χ0n) is 11.8. The van der Waals surface area contributed by atoms with Gasteiger partial charge in [0, 0.05) is 17.3 Å². The first-order valence-electron chi connectivity index (χ1n) is 7.11. The van der Waals surface area contributed by atoms with Crippen LogP contribution in [0.2, 0.25) is 5.02 Å². The van der Waals surface area contributed by atoms with E-state index in [-0.39, 0.29) is 0 Å². The summed E-state index contributed by atoms with van der Waals surface area (Å²) in [7, 11) is 0. The minimum absolute atomic E-state index is 0.719. The lowest BCUT2D eigenvalue weighted by Crippen LogP contribution is -1.97. The van der Waals surface area contributed by atoms with Gasteiger partial charge in [0.25, 0.3) is 0 Å². The molecule has 0 aliphatic rings. The Hall–Kier alpha value is -2.58. The molecule has 0 unspecified atom stereocenters. The van der Waals surface area contributed by atoms with Gasteiger partial charge in [-0.15, -0.1) is 0 Å². The van der Waals surface area contributed by atoms with Crippen molar-refractivity contribution in [2.75, 3.05) is 0 Å². The van der Waals surface area contributed by atoms with Crippen molar-refractivity contribution < 1.29 is 0 Å². The third kappa shape index (κ3) is 2.09. The van der Waals surface area contributed by atoms with Gasteiger partial charge in [0.2, 0.25) is 0 Å². The Balaban J connectivity index is 2.10. The number of halogens is 1. The van der Waals surface area contributed by atoms with Gasteiger partial charge in [-0.1, -0.05) is 60.1 Å². The summed E-state index contributed by atoms with van der Waals surface area (Å²) in [6, 6.07) is 24.4. The Morgan fingerprint density at radius 2 is 1.50 bits per heavy atom. The first-order chi connectivity index (χ1) is 10.8. The number of pyridine rings is 1. The fourth-order valence-corrected chi connectivity index (χ4v) is 2.92. The zero-order chi connectivity index (χ0) is 14.9. The number of hydrogen-bond acceptors (Lipinski definition) is 1. The fourth-order valence-electron chi connectivity index (χ4n) is 2.73. The van der Waals surface area contributed by atoms with Gasteiger partial charge < -0.3 is 0 Å². The molecule has 0 amide bonds. The van der Waals surface area contributed by atoms with Crippen molar-refractivity contribution in [2.24, 2.45) is 0 Å². The van der Waals surface area contributed by atoms with Crippen LogP contribution in [-0.4, -0.2) is 9.55 Å². The first-order valence-corrected chi connectivity index (χ1v) is 7.49. The molecule has 4 rings (SSSR count). The molecule has 0 N–H and O–H groups in total. The second-order valence-electron chi connectivity index (χ2n) is 5.10. The number of nitrogens with zero attached hydrogens (tertiary/aromatic N) is 2. The predicted molar refractivity (Wildman–Crippen MR) is 91.5 cm³/mol. The summed E-state index contributed by atoms with van der Waals surface area (Å²) in [5.74, 6) is 0. The van der Waals surface area contributed by atoms with Gasteiger partial charge in [-0.05, 0) is 29.8 Å². The maximum absolute atomic E-state index is 6.36. The minimum atomic E-state index is 0.719. The Morgan fingerprint density at radius 3 is 2.23 bits per heavy atom. The van der Waals surface area contributed by atoms with Gasteiger partial charge in [0.15, 0.2) is 0 Å². The first kappa shape index (κ1) is 13.1. The van der Waals surface area contributed by atoms with Crippen LogP contribution >= 0.6 is 11.6 Å². The molecule has 2 nitrogen and oxygen atoms in total.